The van der Waals surface area contributed by atoms with Gasteiger partial charge in [0.1, 0.15) is 17.3 Å². The van der Waals surface area contributed by atoms with Crippen molar-refractivity contribution in [2.75, 3.05) is 7.11 Å². The molecule has 0 saturated heterocycles. The van der Waals surface area contributed by atoms with Crippen molar-refractivity contribution >= 4 is 11.6 Å². The number of hydrogen-bond acceptors (Lipinski definition) is 5. The number of benzene rings is 1. The van der Waals surface area contributed by atoms with Crippen molar-refractivity contribution in [3.05, 3.63) is 51.1 Å². The molecule has 0 aliphatic carbocycles. The summed E-state index contributed by atoms with van der Waals surface area (Å²) in [4.78, 5) is 22.5. The molecule has 0 fully saturated rings. The number of nitrogens with zero attached hydrogens (tertiary/aromatic N) is 2. The van der Waals surface area contributed by atoms with E-state index < -0.39 is 28.4 Å². The summed E-state index contributed by atoms with van der Waals surface area (Å²) in [6.07, 6.45) is 0. The molecule has 0 aliphatic heterocycles. The van der Waals surface area contributed by atoms with E-state index in [2.05, 4.69) is 15.5 Å². The minimum absolute atomic E-state index is 0.151. The van der Waals surface area contributed by atoms with Gasteiger partial charge >= 0.3 is 5.69 Å². The van der Waals surface area contributed by atoms with Gasteiger partial charge in [0.05, 0.1) is 23.6 Å². The van der Waals surface area contributed by atoms with E-state index in [9.17, 15) is 19.3 Å². The smallest absolute Gasteiger partial charge is 0.322 e. The van der Waals surface area contributed by atoms with Gasteiger partial charge in [0, 0.05) is 0 Å². The molecule has 0 aliphatic rings. The summed E-state index contributed by atoms with van der Waals surface area (Å²) in [6, 6.07) is 3.51. The van der Waals surface area contributed by atoms with Crippen LogP contribution in [0.2, 0.25) is 0 Å². The van der Waals surface area contributed by atoms with Crippen molar-refractivity contribution in [1.29, 1.82) is 0 Å². The molecule has 0 saturated carbocycles. The molecule has 1 aromatic carbocycles. The number of carbonyl (C=O) groups excluding carboxylic acids is 1. The first kappa shape index (κ1) is 16.4. The largest absolute Gasteiger partial charge is 0.496 e. The highest BCUT2D eigenvalue weighted by molar-refractivity contribution is 5.96. The first-order chi connectivity index (χ1) is 10.9. The zero-order valence-electron chi connectivity index (χ0n) is 12.7. The van der Waals surface area contributed by atoms with Crippen molar-refractivity contribution < 1.29 is 18.8 Å². The monoisotopic (exact) mass is 322 g/mol. The second-order valence-corrected chi connectivity index (χ2v) is 4.85. The number of hydrogen-bond donors (Lipinski definition) is 2. The highest BCUT2D eigenvalue weighted by Gasteiger charge is 2.29. The van der Waals surface area contributed by atoms with E-state index in [-0.39, 0.29) is 22.7 Å². The Kier molecular flexibility index (Phi) is 4.58. The zero-order valence-corrected chi connectivity index (χ0v) is 12.7. The molecular formula is C14H15FN4O4. The molecule has 2 aromatic rings. The minimum Gasteiger partial charge on any atom is -0.496 e. The van der Waals surface area contributed by atoms with Gasteiger partial charge in [-0.1, -0.05) is 6.07 Å². The molecule has 9 heteroatoms. The number of aromatic amines is 1. The molecule has 0 radical (unpaired) electrons. The van der Waals surface area contributed by atoms with Crippen LogP contribution in [-0.4, -0.2) is 28.1 Å². The molecule has 2 rings (SSSR count). The summed E-state index contributed by atoms with van der Waals surface area (Å²) in [5, 5.41) is 19.5. The second kappa shape index (κ2) is 6.42. The predicted molar refractivity (Wildman–Crippen MR) is 78.8 cm³/mol. The lowest BCUT2D eigenvalue weighted by Gasteiger charge is -2.17. The Balaban J connectivity index is 2.30. The number of H-pyrrole nitrogens is 1. The lowest BCUT2D eigenvalue weighted by molar-refractivity contribution is -0.385. The van der Waals surface area contributed by atoms with Gasteiger partial charge in [0.2, 0.25) is 5.69 Å². The average molecular weight is 322 g/mol. The number of methoxy groups -OCH3 is 1. The van der Waals surface area contributed by atoms with Gasteiger partial charge in [-0.3, -0.25) is 20.0 Å². The van der Waals surface area contributed by atoms with Gasteiger partial charge in [-0.05, 0) is 26.0 Å². The molecule has 1 unspecified atom stereocenters. The maximum atomic E-state index is 14.0. The summed E-state index contributed by atoms with van der Waals surface area (Å²) in [7, 11) is 1.38. The van der Waals surface area contributed by atoms with Crippen LogP contribution in [0, 0.1) is 22.9 Å². The third-order valence-electron chi connectivity index (χ3n) is 3.33. The number of amides is 1. The topological polar surface area (TPSA) is 110 Å². The third kappa shape index (κ3) is 3.12. The maximum Gasteiger partial charge on any atom is 0.322 e. The van der Waals surface area contributed by atoms with Crippen molar-refractivity contribution in [3.63, 3.8) is 0 Å². The normalized spacial score (nSPS) is 11.8. The summed E-state index contributed by atoms with van der Waals surface area (Å²) in [5.74, 6) is -1.06. The van der Waals surface area contributed by atoms with Crippen LogP contribution in [0.5, 0.6) is 5.75 Å². The first-order valence-corrected chi connectivity index (χ1v) is 6.69. The van der Waals surface area contributed by atoms with Crippen LogP contribution in [0.25, 0.3) is 0 Å². The Morgan fingerprint density at radius 1 is 1.52 bits per heavy atom. The predicted octanol–water partition coefficient (Wildman–Crippen LogP) is 2.27. The Labute approximate surface area is 130 Å². The van der Waals surface area contributed by atoms with E-state index in [1.807, 2.05) is 0 Å². The fourth-order valence-corrected chi connectivity index (χ4v) is 2.26. The number of aryl methyl sites for hydroxylation is 1. The van der Waals surface area contributed by atoms with Crippen LogP contribution in [0.4, 0.5) is 10.1 Å². The first-order valence-electron chi connectivity index (χ1n) is 6.69. The highest BCUT2D eigenvalue weighted by atomic mass is 19.1. The molecule has 122 valence electrons. The number of aromatic nitrogens is 2. The fraction of sp³-hybridized carbons (Fsp3) is 0.286. The van der Waals surface area contributed by atoms with Crippen LogP contribution >= 0.6 is 0 Å². The maximum absolute atomic E-state index is 14.0. The SMILES string of the molecule is COc1cccc(F)c1C(C)NC(=O)c1n[nH]c(C)c1[N+](=O)[O-]. The third-order valence-corrected chi connectivity index (χ3v) is 3.33. The number of halogens is 1. The fourth-order valence-electron chi connectivity index (χ4n) is 2.26. The molecule has 0 bridgehead atoms. The van der Waals surface area contributed by atoms with Gasteiger partial charge in [-0.2, -0.15) is 5.10 Å². The Bertz CT molecular complexity index is 759. The lowest BCUT2D eigenvalue weighted by atomic mass is 10.1. The molecule has 2 N–H and O–H groups in total. The quantitative estimate of drug-likeness (QED) is 0.648. The standard InChI is InChI=1S/C14H15FN4O4/c1-7(11-9(15)5-4-6-10(11)23-3)16-14(20)12-13(19(21)22)8(2)17-18-12/h4-7H,1-3H3,(H,16,20)(H,17,18). The van der Waals surface area contributed by atoms with Gasteiger partial charge in [-0.15, -0.1) is 0 Å². The van der Waals surface area contributed by atoms with E-state index in [1.165, 1.54) is 26.2 Å². The van der Waals surface area contributed by atoms with Crippen LogP contribution in [0.1, 0.15) is 34.7 Å². The van der Waals surface area contributed by atoms with Gasteiger partial charge < -0.3 is 10.1 Å². The highest BCUT2D eigenvalue weighted by Crippen LogP contribution is 2.28. The molecule has 0 spiro atoms. The molecule has 8 nitrogen and oxygen atoms in total. The Morgan fingerprint density at radius 2 is 2.22 bits per heavy atom. The number of nitro groups is 1. The number of rotatable bonds is 5. The number of nitrogens with one attached hydrogen (secondary N) is 2. The average Bonchev–Trinajstić information content (AvgIpc) is 2.88. The van der Waals surface area contributed by atoms with Crippen LogP contribution in [0.3, 0.4) is 0 Å². The van der Waals surface area contributed by atoms with E-state index in [0.29, 0.717) is 0 Å². The zero-order chi connectivity index (χ0) is 17.1. The number of ether oxygens (including phenoxy) is 1. The molecule has 1 amide bonds. The summed E-state index contributed by atoms with van der Waals surface area (Å²) in [6.45, 7) is 2.98. The number of carbonyl (C=O) groups is 1. The Morgan fingerprint density at radius 3 is 2.83 bits per heavy atom. The van der Waals surface area contributed by atoms with E-state index in [4.69, 9.17) is 4.74 Å². The van der Waals surface area contributed by atoms with Crippen molar-refractivity contribution in [2.24, 2.45) is 0 Å². The van der Waals surface area contributed by atoms with Crippen LogP contribution < -0.4 is 10.1 Å². The summed E-state index contributed by atoms with van der Waals surface area (Å²) >= 11 is 0. The summed E-state index contributed by atoms with van der Waals surface area (Å²) in [5.41, 5.74) is -0.445. The van der Waals surface area contributed by atoms with E-state index in [0.717, 1.165) is 0 Å². The molecule has 23 heavy (non-hydrogen) atoms. The lowest BCUT2D eigenvalue weighted by Crippen LogP contribution is -2.28. The molecule has 1 heterocycles. The van der Waals surface area contributed by atoms with E-state index >= 15 is 0 Å². The van der Waals surface area contributed by atoms with Crippen molar-refractivity contribution in [3.8, 4) is 5.75 Å². The van der Waals surface area contributed by atoms with Crippen LogP contribution in [0.15, 0.2) is 18.2 Å². The molecular weight excluding hydrogens is 307 g/mol. The van der Waals surface area contributed by atoms with Crippen molar-refractivity contribution in [2.45, 2.75) is 19.9 Å². The summed E-state index contributed by atoms with van der Waals surface area (Å²) < 4.78 is 19.1. The van der Waals surface area contributed by atoms with Crippen LogP contribution in [-0.2, 0) is 0 Å². The molecule has 1 aromatic heterocycles. The Hall–Kier alpha value is -2.97. The van der Waals surface area contributed by atoms with Gasteiger partial charge in [0.25, 0.3) is 5.91 Å². The minimum atomic E-state index is -0.779. The van der Waals surface area contributed by atoms with Gasteiger partial charge in [0.15, 0.2) is 0 Å². The molecule has 1 atom stereocenters. The van der Waals surface area contributed by atoms with Crippen molar-refractivity contribution in [1.82, 2.24) is 15.5 Å². The second-order valence-electron chi connectivity index (χ2n) is 4.85. The van der Waals surface area contributed by atoms with E-state index in [1.54, 1.807) is 13.0 Å². The van der Waals surface area contributed by atoms with Gasteiger partial charge in [-0.25, -0.2) is 4.39 Å².